The monoisotopic (exact) mass is 256 g/mol. The molecule has 0 radical (unpaired) electrons. The molecule has 90 valence electrons. The fraction of sp³-hybridized carbons (Fsp3) is 0.857. The Balaban J connectivity index is 4.02. The standard InChI is InChI=1S/C7H16N2O4S2/c1-13-5-6(7(10)9-8)14-3-4-15(2,11)12/h6H,3-5,8H2,1-2H3,(H,9,10). The van der Waals surface area contributed by atoms with E-state index < -0.39 is 15.1 Å². The first-order chi connectivity index (χ1) is 6.90. The maximum Gasteiger partial charge on any atom is 0.249 e. The van der Waals surface area contributed by atoms with Crippen molar-refractivity contribution < 1.29 is 17.9 Å². The molecule has 1 amide bonds. The summed E-state index contributed by atoms with van der Waals surface area (Å²) in [5.74, 6) is 4.99. The van der Waals surface area contributed by atoms with Crippen LogP contribution >= 0.6 is 11.8 Å². The predicted molar refractivity (Wildman–Crippen MR) is 60.2 cm³/mol. The molecule has 0 heterocycles. The van der Waals surface area contributed by atoms with E-state index in [4.69, 9.17) is 10.6 Å². The maximum atomic E-state index is 11.2. The highest BCUT2D eigenvalue weighted by Gasteiger charge is 2.18. The Morgan fingerprint density at radius 1 is 1.60 bits per heavy atom. The van der Waals surface area contributed by atoms with Gasteiger partial charge in [0.05, 0.1) is 12.4 Å². The summed E-state index contributed by atoms with van der Waals surface area (Å²) in [5, 5.41) is -0.471. The highest BCUT2D eigenvalue weighted by molar-refractivity contribution is 8.01. The summed E-state index contributed by atoms with van der Waals surface area (Å²) in [6.07, 6.45) is 1.15. The molecular weight excluding hydrogens is 240 g/mol. The smallest absolute Gasteiger partial charge is 0.249 e. The summed E-state index contributed by atoms with van der Waals surface area (Å²) >= 11 is 1.21. The number of hydrazine groups is 1. The summed E-state index contributed by atoms with van der Waals surface area (Å²) in [6, 6.07) is 0. The van der Waals surface area contributed by atoms with Gasteiger partial charge in [-0.15, -0.1) is 11.8 Å². The number of hydrogen-bond donors (Lipinski definition) is 2. The van der Waals surface area contributed by atoms with Crippen LogP contribution in [0.15, 0.2) is 0 Å². The van der Waals surface area contributed by atoms with E-state index in [0.717, 1.165) is 6.26 Å². The number of thioether (sulfide) groups is 1. The van der Waals surface area contributed by atoms with E-state index in [1.165, 1.54) is 18.9 Å². The van der Waals surface area contributed by atoms with Crippen molar-refractivity contribution in [3.8, 4) is 0 Å². The minimum Gasteiger partial charge on any atom is -0.383 e. The van der Waals surface area contributed by atoms with E-state index in [1.54, 1.807) is 0 Å². The molecule has 1 atom stereocenters. The molecule has 0 aliphatic heterocycles. The molecule has 0 fully saturated rings. The molecule has 0 aliphatic rings. The number of carbonyl (C=O) groups excluding carboxylic acids is 1. The van der Waals surface area contributed by atoms with Crippen molar-refractivity contribution in [2.75, 3.05) is 31.5 Å². The molecule has 0 spiro atoms. The van der Waals surface area contributed by atoms with Crippen LogP contribution in [0.4, 0.5) is 0 Å². The van der Waals surface area contributed by atoms with Gasteiger partial charge in [-0.05, 0) is 0 Å². The lowest BCUT2D eigenvalue weighted by Gasteiger charge is -2.13. The molecule has 3 N–H and O–H groups in total. The number of nitrogens with two attached hydrogens (primary N) is 1. The lowest BCUT2D eigenvalue weighted by molar-refractivity contribution is -0.121. The van der Waals surface area contributed by atoms with Crippen LogP contribution in [0.3, 0.4) is 0 Å². The van der Waals surface area contributed by atoms with E-state index in [1.807, 2.05) is 5.43 Å². The second kappa shape index (κ2) is 7.04. The van der Waals surface area contributed by atoms with Gasteiger partial charge in [-0.1, -0.05) is 0 Å². The first kappa shape index (κ1) is 14.7. The third-order valence-electron chi connectivity index (χ3n) is 1.53. The predicted octanol–water partition coefficient (Wildman–Crippen LogP) is -1.23. The Labute approximate surface area is 93.8 Å². The quantitative estimate of drug-likeness (QED) is 0.336. The van der Waals surface area contributed by atoms with Gasteiger partial charge in [0, 0.05) is 19.1 Å². The van der Waals surface area contributed by atoms with Crippen molar-refractivity contribution in [3.05, 3.63) is 0 Å². The average Bonchev–Trinajstić information content (AvgIpc) is 2.13. The van der Waals surface area contributed by atoms with Gasteiger partial charge >= 0.3 is 0 Å². The van der Waals surface area contributed by atoms with Gasteiger partial charge < -0.3 is 4.74 Å². The number of sulfone groups is 1. The van der Waals surface area contributed by atoms with Crippen molar-refractivity contribution in [1.29, 1.82) is 0 Å². The maximum absolute atomic E-state index is 11.2. The van der Waals surface area contributed by atoms with Crippen molar-refractivity contribution in [2.45, 2.75) is 5.25 Å². The van der Waals surface area contributed by atoms with Crippen LogP contribution in [0, 0.1) is 0 Å². The zero-order valence-electron chi connectivity index (χ0n) is 8.73. The summed E-state index contributed by atoms with van der Waals surface area (Å²) < 4.78 is 26.5. The van der Waals surface area contributed by atoms with Crippen LogP contribution < -0.4 is 11.3 Å². The van der Waals surface area contributed by atoms with Crippen molar-refractivity contribution >= 4 is 27.5 Å². The first-order valence-corrected chi connectivity index (χ1v) is 7.30. The molecule has 1 unspecified atom stereocenters. The summed E-state index contributed by atoms with van der Waals surface area (Å²) in [5.41, 5.74) is 2.01. The molecule has 0 rings (SSSR count). The number of hydrogen-bond acceptors (Lipinski definition) is 6. The topological polar surface area (TPSA) is 98.5 Å². The van der Waals surface area contributed by atoms with Crippen molar-refractivity contribution in [3.63, 3.8) is 0 Å². The van der Waals surface area contributed by atoms with E-state index in [0.29, 0.717) is 5.75 Å². The van der Waals surface area contributed by atoms with Crippen LogP contribution in [-0.4, -0.2) is 51.1 Å². The number of ether oxygens (including phenoxy) is 1. The summed E-state index contributed by atoms with van der Waals surface area (Å²) in [7, 11) is -1.53. The van der Waals surface area contributed by atoms with Gasteiger partial charge in [-0.2, -0.15) is 0 Å². The number of nitrogens with one attached hydrogen (secondary N) is 1. The van der Waals surface area contributed by atoms with E-state index in [2.05, 4.69) is 0 Å². The van der Waals surface area contributed by atoms with Crippen molar-refractivity contribution in [2.24, 2.45) is 5.84 Å². The Morgan fingerprint density at radius 3 is 2.60 bits per heavy atom. The molecule has 0 saturated heterocycles. The fourth-order valence-corrected chi connectivity index (χ4v) is 3.12. The zero-order valence-corrected chi connectivity index (χ0v) is 10.4. The van der Waals surface area contributed by atoms with E-state index in [-0.39, 0.29) is 18.3 Å². The Kier molecular flexibility index (Phi) is 6.90. The van der Waals surface area contributed by atoms with Crippen molar-refractivity contribution in [1.82, 2.24) is 5.43 Å². The molecular formula is C7H16N2O4S2. The summed E-state index contributed by atoms with van der Waals surface area (Å²) in [6.45, 7) is 0.206. The van der Waals surface area contributed by atoms with Crippen LogP contribution in [0.2, 0.25) is 0 Å². The van der Waals surface area contributed by atoms with Crippen LogP contribution in [-0.2, 0) is 19.4 Å². The molecule has 0 aromatic heterocycles. The lowest BCUT2D eigenvalue weighted by Crippen LogP contribution is -2.40. The Bertz CT molecular complexity index is 291. The number of methoxy groups -OCH3 is 1. The molecule has 0 saturated carbocycles. The molecule has 0 aliphatic carbocycles. The largest absolute Gasteiger partial charge is 0.383 e. The second-order valence-electron chi connectivity index (χ2n) is 2.95. The average molecular weight is 256 g/mol. The molecule has 0 aromatic rings. The van der Waals surface area contributed by atoms with Gasteiger partial charge in [0.25, 0.3) is 0 Å². The summed E-state index contributed by atoms with van der Waals surface area (Å²) in [4.78, 5) is 11.2. The van der Waals surface area contributed by atoms with Gasteiger partial charge in [0.2, 0.25) is 5.91 Å². The number of rotatable bonds is 7. The third-order valence-corrected chi connectivity index (χ3v) is 3.92. The van der Waals surface area contributed by atoms with Gasteiger partial charge in [-0.25, -0.2) is 14.3 Å². The van der Waals surface area contributed by atoms with Crippen LogP contribution in [0.25, 0.3) is 0 Å². The number of carbonyl (C=O) groups is 1. The fourth-order valence-electron chi connectivity index (χ4n) is 0.786. The normalized spacial score (nSPS) is 13.5. The van der Waals surface area contributed by atoms with Gasteiger partial charge in [-0.3, -0.25) is 10.2 Å². The first-order valence-electron chi connectivity index (χ1n) is 4.19. The highest BCUT2D eigenvalue weighted by atomic mass is 32.2. The van der Waals surface area contributed by atoms with Gasteiger partial charge in [0.15, 0.2) is 0 Å². The van der Waals surface area contributed by atoms with Crippen LogP contribution in [0.1, 0.15) is 0 Å². The minimum atomic E-state index is -2.99. The Hall–Kier alpha value is -0.310. The van der Waals surface area contributed by atoms with E-state index >= 15 is 0 Å². The Morgan fingerprint density at radius 2 is 2.20 bits per heavy atom. The molecule has 6 nitrogen and oxygen atoms in total. The highest BCUT2D eigenvalue weighted by Crippen LogP contribution is 2.11. The molecule has 0 aromatic carbocycles. The van der Waals surface area contributed by atoms with E-state index in [9.17, 15) is 13.2 Å². The lowest BCUT2D eigenvalue weighted by atomic mass is 10.4. The zero-order chi connectivity index (χ0) is 11.9. The SMILES string of the molecule is COCC(SCCS(C)(=O)=O)C(=O)NN. The molecule has 15 heavy (non-hydrogen) atoms. The minimum absolute atomic E-state index is 0.0374. The molecule has 8 heteroatoms. The second-order valence-corrected chi connectivity index (χ2v) is 6.52. The van der Waals surface area contributed by atoms with Gasteiger partial charge in [0.1, 0.15) is 15.1 Å². The van der Waals surface area contributed by atoms with Crippen LogP contribution in [0.5, 0.6) is 0 Å². The third kappa shape index (κ3) is 7.60. The molecule has 0 bridgehead atoms. The number of amides is 1.